The summed E-state index contributed by atoms with van der Waals surface area (Å²) >= 11 is 4.94. The Balaban J connectivity index is -0.000000323. The first-order chi connectivity index (χ1) is 33.7. The number of carbonyl (C=O) groups excluding carboxylic acids is 9. The SMILES string of the molecule is C.C.C.CCCC(=O)Cl.CCCC(=O)OC1OC[C@@H](OC(=O)CCC)[C@H](OC(=O)CCC)[C@H]1OC(=O)CCC.CCCC(=O)O[C@H]1[C@H](OC(=O)CCC)COC(O)[C@@H]1OC(=O)CCC.O=C[C@H](O)[C@@H](O)[C@H](O)CO. The average molecular weight is 1100 g/mol. The van der Waals surface area contributed by atoms with E-state index in [4.69, 9.17) is 74.7 Å². The van der Waals surface area contributed by atoms with Crippen molar-refractivity contribution in [1.82, 2.24) is 0 Å². The van der Waals surface area contributed by atoms with Crippen LogP contribution in [0.2, 0.25) is 0 Å². The molecule has 2 rings (SSSR count). The van der Waals surface area contributed by atoms with Gasteiger partial charge in [-0.25, -0.2) is 0 Å². The molecule has 24 heteroatoms. The molecule has 0 aromatic heterocycles. The van der Waals surface area contributed by atoms with E-state index in [1.165, 1.54) is 0 Å². The maximum Gasteiger partial charge on any atom is 0.308 e. The van der Waals surface area contributed by atoms with Crippen molar-refractivity contribution in [2.75, 3.05) is 19.8 Å². The number of rotatable bonds is 27. The molecule has 0 bridgehead atoms. The van der Waals surface area contributed by atoms with Crippen molar-refractivity contribution < 1.29 is 111 Å². The van der Waals surface area contributed by atoms with Gasteiger partial charge in [-0.15, -0.1) is 0 Å². The molecule has 5 N–H and O–H groups in total. The van der Waals surface area contributed by atoms with Crippen LogP contribution >= 0.6 is 11.6 Å². The van der Waals surface area contributed by atoms with Crippen LogP contribution in [-0.2, 0) is 85.8 Å². The van der Waals surface area contributed by atoms with Crippen molar-refractivity contribution in [2.45, 2.75) is 248 Å². The Morgan fingerprint density at radius 3 is 1.09 bits per heavy atom. The van der Waals surface area contributed by atoms with Crippen LogP contribution in [0.1, 0.15) is 180 Å². The molecule has 2 unspecified atom stereocenters. The maximum absolute atomic E-state index is 12.2. The second-order valence-corrected chi connectivity index (χ2v) is 16.4. The van der Waals surface area contributed by atoms with E-state index in [1.54, 1.807) is 0 Å². The summed E-state index contributed by atoms with van der Waals surface area (Å²) in [7, 11) is 0. The van der Waals surface area contributed by atoms with Gasteiger partial charge in [0.2, 0.25) is 17.6 Å². The molecule has 2 saturated heterocycles. The van der Waals surface area contributed by atoms with E-state index in [-0.39, 0.29) is 92.0 Å². The topological polar surface area (TPSA) is 338 Å². The number of hydrogen-bond acceptors (Lipinski definition) is 23. The van der Waals surface area contributed by atoms with E-state index in [9.17, 15) is 48.3 Å². The van der Waals surface area contributed by atoms with Gasteiger partial charge >= 0.3 is 41.8 Å². The standard InChI is InChI=1S/C21H34O9.C17H28O8.C5H10O5.C4H7ClO.3CH4/c1-5-9-15(22)27-14-13-26-21(30-18(25)12-8-4)20(29-17(24)11-7-3)19(14)28-16(23)10-6-2;1-4-7-12(18)23-11-10-22-17(21)16(25-14(20)9-6-3)15(11)24-13(19)8-5-2;6-1-3(8)5(10)4(9)2-7;1-2-3-4(5)6;;;/h14,19-21H,5-13H2,1-4H3;11,15-17,21H,4-10H2,1-3H3;1,3-5,7-10H,2H2;2-3H2,1H3;3*1H4/t14-,19+,20-,21?;11-,15+,16-,17?;3-,4+,5+;;;;/m110..../s1. The summed E-state index contributed by atoms with van der Waals surface area (Å²) in [6, 6.07) is 0. The molecule has 2 heterocycles. The van der Waals surface area contributed by atoms with Crippen LogP contribution in [0.3, 0.4) is 0 Å². The van der Waals surface area contributed by atoms with Crippen LogP contribution in [-0.4, -0.2) is 166 Å². The van der Waals surface area contributed by atoms with Crippen molar-refractivity contribution in [3.8, 4) is 0 Å². The smallest absolute Gasteiger partial charge is 0.308 e. The van der Waals surface area contributed by atoms with E-state index < -0.39 is 116 Å². The van der Waals surface area contributed by atoms with Gasteiger partial charge in [0.05, 0.1) is 19.8 Å². The average Bonchev–Trinajstić information content (AvgIpc) is 3.30. The van der Waals surface area contributed by atoms with Gasteiger partial charge in [0.15, 0.2) is 43.1 Å². The monoisotopic (exact) mass is 1090 g/mol. The number of ether oxygens (including phenoxy) is 9. The summed E-state index contributed by atoms with van der Waals surface area (Å²) in [5.41, 5.74) is 0. The molecule has 11 atom stereocenters. The molecule has 2 fully saturated rings. The molecule has 0 aromatic rings. The van der Waals surface area contributed by atoms with Crippen molar-refractivity contribution in [1.29, 1.82) is 0 Å². The molecule has 0 radical (unpaired) electrons. The summed E-state index contributed by atoms with van der Waals surface area (Å²) in [5, 5.41) is 43.8. The van der Waals surface area contributed by atoms with Crippen molar-refractivity contribution in [2.24, 2.45) is 0 Å². The number of aldehydes is 1. The van der Waals surface area contributed by atoms with Gasteiger partial charge in [0, 0.05) is 51.4 Å². The molecule has 0 aromatic carbocycles. The van der Waals surface area contributed by atoms with Gasteiger partial charge in [0.25, 0.3) is 0 Å². The highest BCUT2D eigenvalue weighted by Gasteiger charge is 2.50. The third-order valence-corrected chi connectivity index (χ3v) is 9.55. The van der Waals surface area contributed by atoms with E-state index in [0.717, 1.165) is 6.42 Å². The van der Waals surface area contributed by atoms with E-state index in [2.05, 4.69) is 0 Å². The fraction of sp³-hybridized carbons (Fsp3) is 0.820. The van der Waals surface area contributed by atoms with E-state index in [1.807, 2.05) is 55.4 Å². The molecule has 0 saturated carbocycles. The lowest BCUT2D eigenvalue weighted by Crippen LogP contribution is -2.58. The maximum atomic E-state index is 12.2. The zero-order valence-corrected chi connectivity index (χ0v) is 43.1. The van der Waals surface area contributed by atoms with Crippen molar-refractivity contribution in [3.63, 3.8) is 0 Å². The van der Waals surface area contributed by atoms with Gasteiger partial charge in [0.1, 0.15) is 18.3 Å². The fourth-order valence-electron chi connectivity index (χ4n) is 5.87. The van der Waals surface area contributed by atoms with Gasteiger partial charge in [-0.3, -0.25) is 38.4 Å². The lowest BCUT2D eigenvalue weighted by Gasteiger charge is -2.40. The molecule has 0 amide bonds. The summed E-state index contributed by atoms with van der Waals surface area (Å²) in [6.45, 7) is 13.7. The van der Waals surface area contributed by atoms with Crippen LogP contribution in [0, 0.1) is 0 Å². The highest BCUT2D eigenvalue weighted by Crippen LogP contribution is 2.28. The highest BCUT2D eigenvalue weighted by molar-refractivity contribution is 6.63. The van der Waals surface area contributed by atoms with Gasteiger partial charge < -0.3 is 73.0 Å². The fourth-order valence-corrected chi connectivity index (χ4v) is 6.06. The Morgan fingerprint density at radius 2 is 0.784 bits per heavy atom. The minimum absolute atomic E-state index is 0. The Labute approximate surface area is 442 Å². The first-order valence-electron chi connectivity index (χ1n) is 24.2. The Bertz CT molecular complexity index is 1510. The Morgan fingerprint density at radius 1 is 0.486 bits per heavy atom. The van der Waals surface area contributed by atoms with Crippen LogP contribution in [0.25, 0.3) is 0 Å². The molecule has 436 valence electrons. The minimum atomic E-state index is -1.64. The van der Waals surface area contributed by atoms with E-state index in [0.29, 0.717) is 51.4 Å². The largest absolute Gasteiger partial charge is 0.456 e. The molecular formula is C50H91ClO23. The third kappa shape index (κ3) is 34.3. The molecule has 74 heavy (non-hydrogen) atoms. The Hall–Kier alpha value is -4.36. The predicted molar refractivity (Wildman–Crippen MR) is 269 cm³/mol. The molecule has 0 spiro atoms. The second-order valence-electron chi connectivity index (χ2n) is 16.0. The molecule has 23 nitrogen and oxygen atoms in total. The summed E-state index contributed by atoms with van der Waals surface area (Å²) in [6.07, 6.45) is -7.53. The molecule has 0 aliphatic carbocycles. The quantitative estimate of drug-likeness (QED) is 0.0312. The summed E-state index contributed by atoms with van der Waals surface area (Å²) < 4.78 is 48.3. The van der Waals surface area contributed by atoms with Crippen molar-refractivity contribution >= 4 is 64.9 Å². The van der Waals surface area contributed by atoms with Gasteiger partial charge in [-0.05, 0) is 63.0 Å². The van der Waals surface area contributed by atoms with Crippen LogP contribution in [0.4, 0.5) is 0 Å². The first-order valence-corrected chi connectivity index (χ1v) is 24.6. The van der Waals surface area contributed by atoms with E-state index >= 15 is 0 Å². The lowest BCUT2D eigenvalue weighted by molar-refractivity contribution is -0.275. The minimum Gasteiger partial charge on any atom is -0.456 e. The Kier molecular flexibility index (Phi) is 50.0. The van der Waals surface area contributed by atoms with Crippen LogP contribution < -0.4 is 0 Å². The number of aliphatic hydroxyl groups excluding tert-OH is 5. The van der Waals surface area contributed by atoms with Crippen molar-refractivity contribution in [3.05, 3.63) is 0 Å². The number of esters is 7. The summed E-state index contributed by atoms with van der Waals surface area (Å²) in [4.78, 5) is 104. The predicted octanol–water partition coefficient (Wildman–Crippen LogP) is 5.01. The highest BCUT2D eigenvalue weighted by atomic mass is 35.5. The number of hydrogen-bond donors (Lipinski definition) is 5. The number of halogens is 1. The first kappa shape index (κ1) is 78.5. The zero-order chi connectivity index (χ0) is 54.5. The zero-order valence-electron chi connectivity index (χ0n) is 42.3. The summed E-state index contributed by atoms with van der Waals surface area (Å²) in [5.74, 6) is -3.64. The van der Waals surface area contributed by atoms with Gasteiger partial charge in [-0.1, -0.05) is 77.7 Å². The molecule has 2 aliphatic rings. The second kappa shape index (κ2) is 47.1. The van der Waals surface area contributed by atoms with Crippen LogP contribution in [0.15, 0.2) is 0 Å². The van der Waals surface area contributed by atoms with Gasteiger partial charge in [-0.2, -0.15) is 0 Å². The third-order valence-electron chi connectivity index (χ3n) is 9.37. The molecule has 2 aliphatic heterocycles. The number of carbonyl (C=O) groups is 9. The lowest BCUT2D eigenvalue weighted by atomic mass is 10.0. The molecular weight excluding hydrogens is 1000 g/mol. The van der Waals surface area contributed by atoms with Crippen LogP contribution in [0.5, 0.6) is 0 Å². The normalized spacial score (nSPS) is 21.5. The number of aliphatic hydroxyl groups is 5.